The number of aliphatic hydroxyl groups excluding tert-OH is 4. The van der Waals surface area contributed by atoms with Gasteiger partial charge in [-0.25, -0.2) is 0 Å². The molecule has 2 aliphatic rings. The molecule has 5 rings (SSSR count). The van der Waals surface area contributed by atoms with Crippen molar-refractivity contribution in [3.63, 3.8) is 0 Å². The summed E-state index contributed by atoms with van der Waals surface area (Å²) in [5, 5.41) is 73.2. The first-order valence-electron chi connectivity index (χ1n) is 13.0. The third kappa shape index (κ3) is 4.96. The number of Topliss-reactive ketones (excluding diaryl/α,β-unsaturated/α-hetero) is 1. The summed E-state index contributed by atoms with van der Waals surface area (Å²) in [6.45, 7) is 2.72. The maximum Gasteiger partial charge on any atom is 0.197 e. The standard InChI is InChI=1S/C28H30O14/c1-9-21(33)24(36)27(42-28-25(37)23(35)20(32)10(2)40-28)26(39-9)19-14(31)8-17-18(22(19)34)13(30)7-15(41-17)11-4-5-12(29)16(6-11)38-3/h4-10,20,23-29,31-32,34-37H,1-3H3/t9-,10-,20+,23-,24+,25-,26+,27+,28-/m1/s1. The van der Waals surface area contributed by atoms with Crippen LogP contribution in [-0.4, -0.2) is 97.7 Å². The number of hydrogen-bond acceptors (Lipinski definition) is 14. The average Bonchev–Trinajstić information content (AvgIpc) is 2.95. The maximum atomic E-state index is 13.2. The number of methoxy groups -OCH3 is 1. The number of phenols is 3. The summed E-state index contributed by atoms with van der Waals surface area (Å²) in [6.07, 6.45) is -14.1. The molecule has 0 bridgehead atoms. The molecule has 2 fully saturated rings. The van der Waals surface area contributed by atoms with Crippen LogP contribution in [0, 0.1) is 0 Å². The van der Waals surface area contributed by atoms with Crippen LogP contribution >= 0.6 is 0 Å². The van der Waals surface area contributed by atoms with Crippen molar-refractivity contribution in [2.24, 2.45) is 0 Å². The molecule has 2 saturated heterocycles. The van der Waals surface area contributed by atoms with Gasteiger partial charge in [-0.15, -0.1) is 0 Å². The van der Waals surface area contributed by atoms with Crippen LogP contribution in [0.5, 0.6) is 23.0 Å². The van der Waals surface area contributed by atoms with E-state index < -0.39 is 83.4 Å². The number of aromatic hydroxyl groups is 3. The molecule has 7 N–H and O–H groups in total. The van der Waals surface area contributed by atoms with Crippen molar-refractivity contribution in [3.8, 4) is 34.3 Å². The summed E-state index contributed by atoms with van der Waals surface area (Å²) in [5.74, 6) is -2.25. The van der Waals surface area contributed by atoms with Crippen molar-refractivity contribution in [2.45, 2.75) is 69.0 Å². The summed E-state index contributed by atoms with van der Waals surface area (Å²) in [7, 11) is 1.34. The fourth-order valence-corrected chi connectivity index (χ4v) is 5.15. The van der Waals surface area contributed by atoms with Crippen LogP contribution in [0.1, 0.15) is 25.5 Å². The molecule has 2 aliphatic heterocycles. The van der Waals surface area contributed by atoms with Crippen molar-refractivity contribution < 1.29 is 63.9 Å². The van der Waals surface area contributed by atoms with Gasteiger partial charge in [0.2, 0.25) is 0 Å². The SMILES string of the molecule is COc1cc(-c2cc(=O)c3c(O)c([C@@H]4O[C@H](C)C(=O)[C@H](O)[C@@H]4O[C@H]4O[C@H](C)[C@H](O)[C@@H](O)[C@H]4O)c(O)cc3o2)ccc1O. The molecule has 3 aromatic rings. The summed E-state index contributed by atoms with van der Waals surface area (Å²) in [5.41, 5.74) is -1.03. The van der Waals surface area contributed by atoms with Crippen molar-refractivity contribution >= 4 is 16.8 Å². The fourth-order valence-electron chi connectivity index (χ4n) is 5.15. The van der Waals surface area contributed by atoms with E-state index in [1.54, 1.807) is 0 Å². The topological polar surface area (TPSA) is 226 Å². The molecule has 2 aromatic carbocycles. The Bertz CT molecular complexity index is 1570. The first-order chi connectivity index (χ1) is 19.8. The van der Waals surface area contributed by atoms with Gasteiger partial charge in [0.1, 0.15) is 71.0 Å². The van der Waals surface area contributed by atoms with Gasteiger partial charge in [0, 0.05) is 17.7 Å². The smallest absolute Gasteiger partial charge is 0.197 e. The minimum atomic E-state index is -1.91. The predicted octanol–water partition coefficient (Wildman–Crippen LogP) is 0.188. The van der Waals surface area contributed by atoms with Gasteiger partial charge < -0.3 is 59.1 Å². The highest BCUT2D eigenvalue weighted by atomic mass is 16.7. The van der Waals surface area contributed by atoms with Crippen LogP contribution < -0.4 is 10.2 Å². The van der Waals surface area contributed by atoms with Gasteiger partial charge >= 0.3 is 0 Å². The zero-order valence-electron chi connectivity index (χ0n) is 22.6. The number of benzene rings is 2. The van der Waals surface area contributed by atoms with E-state index in [0.29, 0.717) is 5.56 Å². The molecule has 0 spiro atoms. The Hall–Kier alpha value is -3.76. The summed E-state index contributed by atoms with van der Waals surface area (Å²) >= 11 is 0. The number of carbonyl (C=O) groups is 1. The Morgan fingerprint density at radius 2 is 1.57 bits per heavy atom. The number of ether oxygens (including phenoxy) is 4. The van der Waals surface area contributed by atoms with E-state index in [9.17, 15) is 45.3 Å². The number of ketones is 1. The highest BCUT2D eigenvalue weighted by molar-refractivity contribution is 5.90. The van der Waals surface area contributed by atoms with E-state index in [2.05, 4.69) is 0 Å². The third-order valence-corrected chi connectivity index (χ3v) is 7.51. The van der Waals surface area contributed by atoms with Crippen molar-refractivity contribution in [3.05, 3.63) is 46.1 Å². The highest BCUT2D eigenvalue weighted by Gasteiger charge is 2.50. The van der Waals surface area contributed by atoms with Crippen LogP contribution in [0.4, 0.5) is 0 Å². The van der Waals surface area contributed by atoms with Gasteiger partial charge in [0.15, 0.2) is 29.0 Å². The molecule has 14 nitrogen and oxygen atoms in total. The van der Waals surface area contributed by atoms with E-state index in [1.165, 1.54) is 39.2 Å². The molecule has 9 atom stereocenters. The van der Waals surface area contributed by atoms with Gasteiger partial charge in [0.05, 0.1) is 18.8 Å². The van der Waals surface area contributed by atoms with Crippen LogP contribution in [-0.2, 0) is 19.0 Å². The molecular formula is C28H30O14. The summed E-state index contributed by atoms with van der Waals surface area (Å²) in [6, 6.07) is 6.33. The lowest BCUT2D eigenvalue weighted by Gasteiger charge is -2.44. The molecule has 0 amide bonds. The van der Waals surface area contributed by atoms with Crippen LogP contribution in [0.2, 0.25) is 0 Å². The van der Waals surface area contributed by atoms with Crippen LogP contribution in [0.15, 0.2) is 39.5 Å². The lowest BCUT2D eigenvalue weighted by atomic mass is 9.90. The van der Waals surface area contributed by atoms with Crippen LogP contribution in [0.25, 0.3) is 22.3 Å². The molecule has 0 radical (unpaired) electrons. The van der Waals surface area contributed by atoms with Gasteiger partial charge in [0.25, 0.3) is 0 Å². The quantitative estimate of drug-likeness (QED) is 0.211. The third-order valence-electron chi connectivity index (χ3n) is 7.51. The number of rotatable bonds is 5. The number of aliphatic hydroxyl groups is 4. The Morgan fingerprint density at radius 1 is 0.857 bits per heavy atom. The minimum Gasteiger partial charge on any atom is -0.507 e. The molecule has 226 valence electrons. The Kier molecular flexibility index (Phi) is 7.89. The second-order valence-corrected chi connectivity index (χ2v) is 10.2. The Balaban J connectivity index is 1.58. The van der Waals surface area contributed by atoms with Crippen molar-refractivity contribution in [1.82, 2.24) is 0 Å². The minimum absolute atomic E-state index is 0.0282. The molecule has 0 saturated carbocycles. The summed E-state index contributed by atoms with van der Waals surface area (Å²) < 4.78 is 27.7. The number of carbonyl (C=O) groups excluding carboxylic acids is 1. The zero-order valence-corrected chi connectivity index (χ0v) is 22.6. The highest BCUT2D eigenvalue weighted by Crippen LogP contribution is 2.45. The van der Waals surface area contributed by atoms with E-state index >= 15 is 0 Å². The first kappa shape index (κ1) is 29.7. The monoisotopic (exact) mass is 590 g/mol. The molecule has 14 heteroatoms. The summed E-state index contributed by atoms with van der Waals surface area (Å²) in [4.78, 5) is 25.9. The Labute approximate surface area is 237 Å². The molecule has 0 aliphatic carbocycles. The molecule has 42 heavy (non-hydrogen) atoms. The van der Waals surface area contributed by atoms with Crippen molar-refractivity contribution in [2.75, 3.05) is 7.11 Å². The second kappa shape index (κ2) is 11.1. The van der Waals surface area contributed by atoms with E-state index in [-0.39, 0.29) is 28.2 Å². The van der Waals surface area contributed by atoms with E-state index in [0.717, 1.165) is 12.1 Å². The lowest BCUT2D eigenvalue weighted by molar-refractivity contribution is -0.323. The van der Waals surface area contributed by atoms with Gasteiger partial charge in [-0.05, 0) is 32.0 Å². The van der Waals surface area contributed by atoms with Gasteiger partial charge in [-0.2, -0.15) is 0 Å². The molecule has 1 aromatic heterocycles. The molecule has 3 heterocycles. The largest absolute Gasteiger partial charge is 0.507 e. The first-order valence-corrected chi connectivity index (χ1v) is 13.0. The number of fused-ring (bicyclic) bond motifs is 1. The number of phenolic OH excluding ortho intramolecular Hbond substituents is 3. The number of hydrogen-bond donors (Lipinski definition) is 7. The fraction of sp³-hybridized carbons (Fsp3) is 0.429. The van der Waals surface area contributed by atoms with Gasteiger partial charge in [-0.1, -0.05) is 0 Å². The van der Waals surface area contributed by atoms with Crippen molar-refractivity contribution in [1.29, 1.82) is 0 Å². The average molecular weight is 591 g/mol. The van der Waals surface area contributed by atoms with Crippen LogP contribution in [0.3, 0.4) is 0 Å². The van der Waals surface area contributed by atoms with E-state index in [1.807, 2.05) is 0 Å². The molecular weight excluding hydrogens is 560 g/mol. The maximum absolute atomic E-state index is 13.2. The normalized spacial score (nSPS) is 31.8. The Morgan fingerprint density at radius 3 is 2.26 bits per heavy atom. The predicted molar refractivity (Wildman–Crippen MR) is 141 cm³/mol. The molecule has 0 unspecified atom stereocenters. The van der Waals surface area contributed by atoms with E-state index in [4.69, 9.17) is 23.4 Å². The lowest BCUT2D eigenvalue weighted by Crippen LogP contribution is -2.60. The van der Waals surface area contributed by atoms with Gasteiger partial charge in [-0.3, -0.25) is 9.59 Å². The second-order valence-electron chi connectivity index (χ2n) is 10.2. The zero-order chi connectivity index (χ0) is 30.6.